The molecule has 2 aromatic carbocycles. The molecule has 9 nitrogen and oxygen atoms in total. The summed E-state index contributed by atoms with van der Waals surface area (Å²) in [5.41, 5.74) is 2.56. The molecular formula is C31H40N4O5. The lowest BCUT2D eigenvalue weighted by molar-refractivity contribution is -0.131. The first-order chi connectivity index (χ1) is 19.4. The quantitative estimate of drug-likeness (QED) is 0.324. The fourth-order valence-corrected chi connectivity index (χ4v) is 5.43. The summed E-state index contributed by atoms with van der Waals surface area (Å²) in [7, 11) is 1.63. The molecule has 0 radical (unpaired) electrons. The minimum atomic E-state index is -0.280. The van der Waals surface area contributed by atoms with Gasteiger partial charge in [-0.05, 0) is 49.6 Å². The van der Waals surface area contributed by atoms with Crippen molar-refractivity contribution < 1.29 is 23.8 Å². The van der Waals surface area contributed by atoms with Gasteiger partial charge in [0.15, 0.2) is 11.5 Å². The molecule has 5 rings (SSSR count). The Hall–Kier alpha value is -3.72. The maximum absolute atomic E-state index is 13.7. The van der Waals surface area contributed by atoms with Crippen LogP contribution in [-0.2, 0) is 22.6 Å². The number of benzene rings is 2. The number of nitrogens with one attached hydrogen (secondary N) is 1. The number of nitrogens with zero attached hydrogens (tertiary/aromatic N) is 3. The van der Waals surface area contributed by atoms with Gasteiger partial charge in [0.05, 0.1) is 32.5 Å². The van der Waals surface area contributed by atoms with Crippen molar-refractivity contribution in [1.29, 1.82) is 0 Å². The average Bonchev–Trinajstić information content (AvgIpc) is 3.34. The third-order valence-electron chi connectivity index (χ3n) is 7.64. The van der Waals surface area contributed by atoms with Gasteiger partial charge in [0, 0.05) is 48.5 Å². The summed E-state index contributed by atoms with van der Waals surface area (Å²) < 4.78 is 18.7. The van der Waals surface area contributed by atoms with Crippen LogP contribution in [0.3, 0.4) is 0 Å². The molecule has 3 heterocycles. The Bertz CT molecular complexity index is 1350. The van der Waals surface area contributed by atoms with E-state index in [4.69, 9.17) is 14.2 Å². The third-order valence-corrected chi connectivity index (χ3v) is 7.64. The van der Waals surface area contributed by atoms with E-state index in [1.54, 1.807) is 7.11 Å². The molecule has 0 spiro atoms. The number of amides is 3. The van der Waals surface area contributed by atoms with Gasteiger partial charge in [-0.15, -0.1) is 0 Å². The van der Waals surface area contributed by atoms with Crippen LogP contribution in [-0.4, -0.2) is 67.0 Å². The number of methoxy groups -OCH3 is 1. The zero-order valence-corrected chi connectivity index (χ0v) is 23.8. The summed E-state index contributed by atoms with van der Waals surface area (Å²) in [5.74, 6) is 1.29. The number of ether oxygens (including phenoxy) is 3. The van der Waals surface area contributed by atoms with Gasteiger partial charge in [-0.25, -0.2) is 4.79 Å². The van der Waals surface area contributed by atoms with Gasteiger partial charge >= 0.3 is 6.03 Å². The lowest BCUT2D eigenvalue weighted by Crippen LogP contribution is -2.60. The van der Waals surface area contributed by atoms with Crippen molar-refractivity contribution in [2.24, 2.45) is 0 Å². The van der Waals surface area contributed by atoms with Gasteiger partial charge in [-0.1, -0.05) is 31.9 Å². The fourth-order valence-electron chi connectivity index (χ4n) is 5.43. The number of urea groups is 1. The number of hydrogen-bond donors (Lipinski definition) is 1. The van der Waals surface area contributed by atoms with Crippen molar-refractivity contribution in [2.45, 2.75) is 58.2 Å². The number of fused-ring (bicyclic) bond motifs is 1. The maximum Gasteiger partial charge on any atom is 0.324 e. The van der Waals surface area contributed by atoms with E-state index in [2.05, 4.69) is 18.3 Å². The topological polar surface area (TPSA) is 85.3 Å². The lowest BCUT2D eigenvalue weighted by atomic mass is 10.0. The molecule has 2 aliphatic rings. The third kappa shape index (κ3) is 6.04. The molecule has 214 valence electrons. The molecule has 9 heteroatoms. The largest absolute Gasteiger partial charge is 0.493 e. The zero-order chi connectivity index (χ0) is 28.1. The molecule has 2 saturated heterocycles. The van der Waals surface area contributed by atoms with Crippen LogP contribution in [0.25, 0.3) is 10.9 Å². The smallest absolute Gasteiger partial charge is 0.324 e. The molecule has 1 N–H and O–H groups in total. The number of carbonyl (C=O) groups is 2. The first-order valence-electron chi connectivity index (χ1n) is 14.2. The maximum atomic E-state index is 13.7. The van der Waals surface area contributed by atoms with Crippen LogP contribution in [0.1, 0.15) is 45.1 Å². The summed E-state index contributed by atoms with van der Waals surface area (Å²) >= 11 is 0. The summed E-state index contributed by atoms with van der Waals surface area (Å²) in [4.78, 5) is 30.0. The van der Waals surface area contributed by atoms with Gasteiger partial charge in [-0.2, -0.15) is 0 Å². The van der Waals surface area contributed by atoms with Crippen molar-refractivity contribution in [1.82, 2.24) is 14.8 Å². The summed E-state index contributed by atoms with van der Waals surface area (Å²) in [6.45, 7) is 7.92. The fraction of sp³-hybridized carbons (Fsp3) is 0.484. The number of unbranched alkanes of at least 4 members (excludes halogenated alkanes) is 2. The van der Waals surface area contributed by atoms with Gasteiger partial charge < -0.3 is 29.0 Å². The number of rotatable bonds is 12. The second-order valence-electron chi connectivity index (χ2n) is 11.0. The van der Waals surface area contributed by atoms with Crippen LogP contribution in [0.5, 0.6) is 11.5 Å². The van der Waals surface area contributed by atoms with E-state index in [-0.39, 0.29) is 24.0 Å². The number of aromatic nitrogens is 1. The lowest BCUT2D eigenvalue weighted by Gasteiger charge is -2.38. The van der Waals surface area contributed by atoms with Crippen molar-refractivity contribution in [3.05, 3.63) is 54.2 Å². The summed E-state index contributed by atoms with van der Waals surface area (Å²) in [6.07, 6.45) is 6.02. The normalized spacial score (nSPS) is 16.6. The van der Waals surface area contributed by atoms with Crippen LogP contribution in [0.4, 0.5) is 10.5 Å². The SMILES string of the molecule is CCCCCOc1cc(N2CCCN(Cc3cccc4c3ccn4CC(=O)NC3(C)COC3)C2=O)ccc1OC. The average molecular weight is 549 g/mol. The van der Waals surface area contributed by atoms with E-state index in [9.17, 15) is 9.59 Å². The molecule has 2 fully saturated rings. The first-order valence-corrected chi connectivity index (χ1v) is 14.2. The Labute approximate surface area is 236 Å². The molecule has 1 aromatic heterocycles. The summed E-state index contributed by atoms with van der Waals surface area (Å²) in [6, 6.07) is 13.8. The Balaban J connectivity index is 1.29. The Morgan fingerprint density at radius 2 is 1.95 bits per heavy atom. The monoisotopic (exact) mass is 548 g/mol. The van der Waals surface area contributed by atoms with Crippen LogP contribution in [0.15, 0.2) is 48.7 Å². The molecule has 2 aliphatic heterocycles. The minimum Gasteiger partial charge on any atom is -0.493 e. The van der Waals surface area contributed by atoms with Crippen molar-refractivity contribution in [3.63, 3.8) is 0 Å². The molecular weight excluding hydrogens is 508 g/mol. The van der Waals surface area contributed by atoms with E-state index >= 15 is 0 Å². The molecule has 0 aliphatic carbocycles. The van der Waals surface area contributed by atoms with Crippen LogP contribution < -0.4 is 19.7 Å². The van der Waals surface area contributed by atoms with Gasteiger partial charge in [-0.3, -0.25) is 9.69 Å². The molecule has 3 amide bonds. The molecule has 0 bridgehead atoms. The highest BCUT2D eigenvalue weighted by Crippen LogP contribution is 2.34. The van der Waals surface area contributed by atoms with Gasteiger partial charge in [0.2, 0.25) is 5.91 Å². The predicted octanol–water partition coefficient (Wildman–Crippen LogP) is 4.96. The molecule has 0 unspecified atom stereocenters. The van der Waals surface area contributed by atoms with E-state index < -0.39 is 0 Å². The van der Waals surface area contributed by atoms with E-state index in [1.807, 2.05) is 63.9 Å². The van der Waals surface area contributed by atoms with Crippen molar-refractivity contribution in [3.8, 4) is 11.5 Å². The first kappa shape index (κ1) is 27.8. The Kier molecular flexibility index (Phi) is 8.49. The standard InChI is InChI=1S/C31H40N4O5/c1-4-5-6-17-40-28-18-24(11-12-27(28)38-3)35-15-8-14-34(30(35)37)19-23-9-7-10-26-25(23)13-16-33(26)20-29(36)32-31(2)21-39-22-31/h7,9-13,16,18H,4-6,8,14-15,17,19-22H2,1-3H3,(H,32,36). The van der Waals surface area contributed by atoms with Gasteiger partial charge in [0.1, 0.15) is 6.54 Å². The zero-order valence-electron chi connectivity index (χ0n) is 23.8. The molecule has 40 heavy (non-hydrogen) atoms. The second-order valence-corrected chi connectivity index (χ2v) is 11.0. The van der Waals surface area contributed by atoms with Crippen molar-refractivity contribution in [2.75, 3.05) is 44.9 Å². The van der Waals surface area contributed by atoms with E-state index in [0.717, 1.165) is 47.8 Å². The van der Waals surface area contributed by atoms with E-state index in [0.29, 0.717) is 51.0 Å². The number of anilines is 1. The Morgan fingerprint density at radius 3 is 2.70 bits per heavy atom. The van der Waals surface area contributed by atoms with Gasteiger partial charge in [0.25, 0.3) is 0 Å². The van der Waals surface area contributed by atoms with E-state index in [1.165, 1.54) is 0 Å². The van der Waals surface area contributed by atoms with Crippen LogP contribution in [0.2, 0.25) is 0 Å². The molecule has 3 aromatic rings. The predicted molar refractivity (Wildman–Crippen MR) is 155 cm³/mol. The van der Waals surface area contributed by atoms with Crippen LogP contribution in [0, 0.1) is 0 Å². The molecule has 0 atom stereocenters. The molecule has 0 saturated carbocycles. The number of hydrogen-bond acceptors (Lipinski definition) is 5. The summed E-state index contributed by atoms with van der Waals surface area (Å²) in [5, 5.41) is 4.12. The minimum absolute atomic E-state index is 0.0277. The second kappa shape index (κ2) is 12.2. The highest BCUT2D eigenvalue weighted by molar-refractivity contribution is 5.93. The number of carbonyl (C=O) groups excluding carboxylic acids is 2. The highest BCUT2D eigenvalue weighted by Gasteiger charge is 2.34. The van der Waals surface area contributed by atoms with Crippen LogP contribution >= 0.6 is 0 Å². The Morgan fingerprint density at radius 1 is 1.10 bits per heavy atom. The van der Waals surface area contributed by atoms with Crippen molar-refractivity contribution >= 4 is 28.5 Å². The highest BCUT2D eigenvalue weighted by atomic mass is 16.5.